The number of carbonyl (C=O) groups is 15. The van der Waals surface area contributed by atoms with Gasteiger partial charge in [0.1, 0.15) is 28.3 Å². The minimum atomic E-state index is -1.47. The van der Waals surface area contributed by atoms with E-state index in [2.05, 4.69) is 39.4 Å². The van der Waals surface area contributed by atoms with Crippen LogP contribution in [-0.2, 0) is 71.6 Å². The number of amides is 11. The average Bonchev–Trinajstić information content (AvgIpc) is 1.57. The van der Waals surface area contributed by atoms with Crippen LogP contribution in [0.1, 0.15) is 210 Å². The van der Waals surface area contributed by atoms with Crippen molar-refractivity contribution in [2.24, 2.45) is 5.92 Å². The Balaban J connectivity index is 0.000000216. The van der Waals surface area contributed by atoms with E-state index in [1.807, 2.05) is 188 Å². The first kappa shape index (κ1) is 105. The Morgan fingerprint density at radius 3 is 0.954 bits per heavy atom. The summed E-state index contributed by atoms with van der Waals surface area (Å²) in [4.78, 5) is 206. The van der Waals surface area contributed by atoms with E-state index in [4.69, 9.17) is 28.8 Å². The van der Waals surface area contributed by atoms with Gasteiger partial charge in [-0.1, -0.05) is 61.5 Å². The molecule has 6 fully saturated rings. The molecule has 0 saturated carbocycles. The lowest BCUT2D eigenvalue weighted by Gasteiger charge is -2.43. The molecule has 6 saturated heterocycles. The molecule has 6 aliphatic heterocycles. The highest BCUT2D eigenvalue weighted by Gasteiger charge is 2.44. The van der Waals surface area contributed by atoms with E-state index in [0.717, 1.165) is 58.6 Å². The molecule has 130 heavy (non-hydrogen) atoms. The van der Waals surface area contributed by atoms with Crippen molar-refractivity contribution in [1.82, 2.24) is 74.6 Å². The third kappa shape index (κ3) is 28.7. The van der Waals surface area contributed by atoms with Gasteiger partial charge in [-0.25, -0.2) is 28.8 Å². The molecule has 9 heterocycles. The summed E-state index contributed by atoms with van der Waals surface area (Å²) in [6, 6.07) is 27.3. The Morgan fingerprint density at radius 1 is 0.354 bits per heavy atom. The number of para-hydroxylation sites is 3. The molecule has 11 amide bonds. The molecule has 0 aliphatic carbocycles. The maximum absolute atomic E-state index is 13.0. The van der Waals surface area contributed by atoms with Gasteiger partial charge in [-0.15, -0.1) is 0 Å². The molecule has 12 rings (SSSR count). The van der Waals surface area contributed by atoms with Crippen LogP contribution in [0.25, 0.3) is 32.7 Å². The van der Waals surface area contributed by atoms with Crippen molar-refractivity contribution in [3.63, 3.8) is 0 Å². The number of likely N-dealkylation sites (tertiary alicyclic amines) is 1. The molecule has 0 bridgehead atoms. The second-order valence-corrected chi connectivity index (χ2v) is 37.4. The minimum Gasteiger partial charge on any atom is -0.474 e. The highest BCUT2D eigenvalue weighted by molar-refractivity contribution is 6.35. The maximum Gasteiger partial charge on any atom is 0.410 e. The molecule has 6 aromatic rings. The number of rotatable bonds is 6. The Bertz CT molecular complexity index is 4900. The Labute approximate surface area is 761 Å². The maximum atomic E-state index is 13.0. The lowest BCUT2D eigenvalue weighted by atomic mass is 9.95. The number of hydrogen-bond donors (Lipinski definition) is 6. The fourth-order valence-electron chi connectivity index (χ4n) is 15.8. The Morgan fingerprint density at radius 2 is 0.638 bits per heavy atom. The van der Waals surface area contributed by atoms with Crippen LogP contribution < -0.4 is 10.6 Å². The molecule has 3 aromatic heterocycles. The van der Waals surface area contributed by atoms with Gasteiger partial charge in [0.15, 0.2) is 0 Å². The Hall–Kier alpha value is -12.1. The molecule has 36 heteroatoms. The number of benzene rings is 3. The van der Waals surface area contributed by atoms with Crippen molar-refractivity contribution in [1.29, 1.82) is 0 Å². The number of aliphatic carboxylic acids is 1. The van der Waals surface area contributed by atoms with Crippen LogP contribution in [0, 0.1) is 5.92 Å². The third-order valence-corrected chi connectivity index (χ3v) is 22.7. The number of nitrogens with zero attached hydrogens (tertiary/aromatic N) is 10. The number of piperidine rings is 1. The molecule has 36 nitrogen and oxygen atoms in total. The van der Waals surface area contributed by atoms with E-state index >= 15 is 0 Å². The van der Waals surface area contributed by atoms with Crippen molar-refractivity contribution < 1.29 is 101 Å². The monoisotopic (exact) mass is 1810 g/mol. The predicted octanol–water partition coefficient (Wildman–Crippen LogP) is 9.46. The summed E-state index contributed by atoms with van der Waals surface area (Å²) in [5.41, 5.74) is 2.81. The topological polar surface area (TPSA) is 426 Å². The number of carboxylic acid groups (broad SMARTS) is 1. The quantitative estimate of drug-likeness (QED) is 0.0513. The number of nitrogens with one attached hydrogen (secondary N) is 5. The zero-order valence-electron chi connectivity index (χ0n) is 80.0. The molecule has 3 aromatic carbocycles. The van der Waals surface area contributed by atoms with Crippen LogP contribution in [0.2, 0.25) is 0 Å². The van der Waals surface area contributed by atoms with E-state index < -0.39 is 82.2 Å². The van der Waals surface area contributed by atoms with E-state index in [1.165, 1.54) is 14.7 Å². The zero-order chi connectivity index (χ0) is 97.0. The van der Waals surface area contributed by atoms with Gasteiger partial charge < -0.3 is 103 Å². The SMILES string of the molecule is CCOC(=O)C(=O)N1C[C@@H](C)CC[C@@H]1C.CCOC(=O)C(=O)N1C[C@@H](C)N(C(=O)OC(C)(C)C)C[C@@H]1C.CCOC(=O)C(=O)N1C[C@@H](C)N(C(=O)c2cc3ccccc3[nH]2)C[C@@H]1C.C[C@@H]1CN(C(=O)C(=O)NC(C)(C)C)[C@@H](C)CN1C(=O)c1cc2ccccc2[nH]1.C[C@@H]1CN(C(=O)C(=O)O)[C@@H](C)CN1C(=O)c1cc2ccccc2[nH]1.C[C@@H]1CN[C@@H](C)CN1C(=O)OC(C)(C)C. The number of carbonyl (C=O) groups excluding carboxylic acids is 14. The summed E-state index contributed by atoms with van der Waals surface area (Å²) in [6.45, 7) is 49.7. The highest BCUT2D eigenvalue weighted by Crippen LogP contribution is 2.29. The van der Waals surface area contributed by atoms with Gasteiger partial charge in [0, 0.05) is 177 Å². The molecule has 714 valence electrons. The first-order valence-corrected chi connectivity index (χ1v) is 44.8. The number of H-pyrrole nitrogens is 3. The van der Waals surface area contributed by atoms with E-state index in [1.54, 1.807) is 89.7 Å². The van der Waals surface area contributed by atoms with Crippen LogP contribution in [0.5, 0.6) is 0 Å². The van der Waals surface area contributed by atoms with Gasteiger partial charge in [0.25, 0.3) is 17.7 Å². The zero-order valence-corrected chi connectivity index (χ0v) is 80.0. The second kappa shape index (κ2) is 45.9. The van der Waals surface area contributed by atoms with Crippen LogP contribution >= 0.6 is 0 Å². The Kier molecular flexibility index (Phi) is 37.1. The van der Waals surface area contributed by atoms with Gasteiger partial charge >= 0.3 is 71.5 Å². The van der Waals surface area contributed by atoms with Crippen molar-refractivity contribution in [2.45, 2.75) is 262 Å². The molecule has 0 radical (unpaired) electrons. The average molecular weight is 1810 g/mol. The predicted molar refractivity (Wildman–Crippen MR) is 488 cm³/mol. The smallest absolute Gasteiger partial charge is 0.410 e. The van der Waals surface area contributed by atoms with Crippen molar-refractivity contribution in [3.05, 3.63) is 108 Å². The number of esters is 3. The highest BCUT2D eigenvalue weighted by atomic mass is 16.6. The summed E-state index contributed by atoms with van der Waals surface area (Å²) in [5, 5.41) is 17.9. The molecule has 12 atom stereocenters. The van der Waals surface area contributed by atoms with Crippen molar-refractivity contribution in [2.75, 3.05) is 91.8 Å². The summed E-state index contributed by atoms with van der Waals surface area (Å²) in [6.07, 6.45) is 1.47. The number of ether oxygens (including phenoxy) is 5. The van der Waals surface area contributed by atoms with E-state index in [0.29, 0.717) is 74.9 Å². The standard InChI is InChI=1S/C21H28N4O3.C19H23N3O4.C17H19N3O4.C15H26N2O5.C11H22N2O2.C11H19NO3/c1-13-12-25(20(28)18(26)23-21(3,4)5)14(2)11-24(13)19(27)17-10-15-8-6-7-9-16(15)22-17;1-4-26-19(25)18(24)22-11-12(2)21(10-13(22)3)17(23)16-9-14-7-5-6-8-15(14)20-16;1-10-9-20(16(22)17(23)24)11(2)8-19(10)15(21)14-7-12-5-3-4-6-13(12)18-14;1-7-21-13(19)12(18)16-8-11(3)17(9-10(16)2)14(20)22-15(4,5)6;1-8-7-13(9(2)6-12-8)10(14)15-11(3,4)5;1-4-15-11(14)10(13)12-7-8(2)5-6-9(12)3/h6-10,13-14,22H,11-12H2,1-5H3,(H,23,26);5-9,12-13,20H,4,10-11H2,1-3H3;3-7,10-11,18H,8-9H2,1-2H3,(H,23,24);10-11H,7-9H2,1-6H3;8-9,12H,6-7H2,1-5H3;8-9H,4-7H2,1-3H3/t13-,14+;12-,13+;2*10-,11+;8-,9+;8-,9-/m111000/s1. The summed E-state index contributed by atoms with van der Waals surface area (Å²) >= 11 is 0. The van der Waals surface area contributed by atoms with Crippen molar-refractivity contribution in [3.8, 4) is 0 Å². The van der Waals surface area contributed by atoms with Gasteiger partial charge in [0.2, 0.25) is 0 Å². The van der Waals surface area contributed by atoms with Gasteiger partial charge in [-0.3, -0.25) is 43.2 Å². The lowest BCUT2D eigenvalue weighted by Crippen LogP contribution is -2.62. The van der Waals surface area contributed by atoms with Gasteiger partial charge in [-0.05, 0) is 214 Å². The number of aromatic nitrogens is 3. The number of hydrogen-bond acceptors (Lipinski definition) is 21. The minimum absolute atomic E-state index is 0.0956. The van der Waals surface area contributed by atoms with Crippen LogP contribution in [0.4, 0.5) is 9.59 Å². The van der Waals surface area contributed by atoms with Crippen LogP contribution in [0.15, 0.2) is 91.0 Å². The third-order valence-electron chi connectivity index (χ3n) is 22.7. The number of carboxylic acids is 1. The van der Waals surface area contributed by atoms with Gasteiger partial charge in [0.05, 0.1) is 19.8 Å². The summed E-state index contributed by atoms with van der Waals surface area (Å²) in [7, 11) is 0. The van der Waals surface area contributed by atoms with Crippen molar-refractivity contribution >= 4 is 122 Å². The molecule has 6 aliphatic rings. The molecule has 0 unspecified atom stereocenters. The normalized spacial score (nSPS) is 22.3. The van der Waals surface area contributed by atoms with Gasteiger partial charge in [-0.2, -0.15) is 0 Å². The largest absolute Gasteiger partial charge is 0.474 e. The lowest BCUT2D eigenvalue weighted by molar-refractivity contribution is -0.162. The second-order valence-electron chi connectivity index (χ2n) is 37.4. The molecule has 6 N–H and O–H groups in total. The van der Waals surface area contributed by atoms with Crippen LogP contribution in [0.3, 0.4) is 0 Å². The molecular weight excluding hydrogens is 1680 g/mol. The first-order chi connectivity index (χ1) is 60.8. The number of fused-ring (bicyclic) bond motifs is 3. The summed E-state index contributed by atoms with van der Waals surface area (Å²) < 4.78 is 25.0. The van der Waals surface area contributed by atoms with E-state index in [9.17, 15) is 71.9 Å². The summed E-state index contributed by atoms with van der Waals surface area (Å²) in [5.74, 6) is -7.65. The first-order valence-electron chi connectivity index (χ1n) is 44.8. The number of aromatic amines is 3. The molecular formula is C94H137N15O21. The molecule has 0 spiro atoms. The fraction of sp³-hybridized carbons (Fsp3) is 0.585. The van der Waals surface area contributed by atoms with E-state index in [-0.39, 0.29) is 117 Å². The number of piperazine rings is 5. The van der Waals surface area contributed by atoms with Crippen LogP contribution in [-0.4, -0.2) is 333 Å². The fourth-order valence-corrected chi connectivity index (χ4v) is 15.8.